The molecule has 0 aromatic carbocycles. The lowest BCUT2D eigenvalue weighted by molar-refractivity contribution is -0.125. The maximum Gasteiger partial charge on any atom is 0.153 e. The molecule has 0 saturated heterocycles. The van der Waals surface area contributed by atoms with Crippen LogP contribution in [0.5, 0.6) is 0 Å². The van der Waals surface area contributed by atoms with E-state index in [1.807, 2.05) is 25.9 Å². The molecule has 0 fully saturated rings. The Morgan fingerprint density at radius 3 is 2.09 bits per heavy atom. The summed E-state index contributed by atoms with van der Waals surface area (Å²) in [6.07, 6.45) is 2.49. The van der Waals surface area contributed by atoms with Gasteiger partial charge in [0.2, 0.25) is 0 Å². The van der Waals surface area contributed by atoms with E-state index in [4.69, 9.17) is 0 Å². The highest BCUT2D eigenvalue weighted by Crippen LogP contribution is 2.18. The predicted octanol–water partition coefficient (Wildman–Crippen LogP) is 1.47. The Labute approximate surface area is 68.9 Å². The number of rotatable bonds is 4. The Bertz CT molecular complexity index is 163. The summed E-state index contributed by atoms with van der Waals surface area (Å²) in [7, 11) is 3.79. The number of carbonyl (C=O) groups excluding carboxylic acids is 1. The normalized spacial score (nSPS) is 16.1. The molecule has 0 spiro atoms. The van der Waals surface area contributed by atoms with E-state index in [1.165, 1.54) is 0 Å². The summed E-state index contributed by atoms with van der Waals surface area (Å²) in [6, 6.07) is 0. The molecule has 0 aromatic rings. The maximum absolute atomic E-state index is 11.3. The van der Waals surface area contributed by atoms with Gasteiger partial charge in [0.15, 0.2) is 5.78 Å². The lowest BCUT2D eigenvalue weighted by Crippen LogP contribution is -2.47. The molecule has 2 heteroatoms. The highest BCUT2D eigenvalue weighted by atomic mass is 16.1. The summed E-state index contributed by atoms with van der Waals surface area (Å²) in [6.45, 7) is 7.28. The van der Waals surface area contributed by atoms with Gasteiger partial charge in [-0.05, 0) is 27.4 Å². The van der Waals surface area contributed by atoms with Crippen LogP contribution in [-0.2, 0) is 4.79 Å². The van der Waals surface area contributed by atoms with E-state index >= 15 is 0 Å². The Kier molecular flexibility index (Phi) is 3.46. The van der Waals surface area contributed by atoms with E-state index in [-0.39, 0.29) is 5.78 Å². The monoisotopic (exact) mass is 155 g/mol. The molecule has 0 aromatic heterocycles. The largest absolute Gasteiger partial charge is 0.298 e. The first-order chi connectivity index (χ1) is 5.01. The van der Waals surface area contributed by atoms with Crippen molar-refractivity contribution in [3.8, 4) is 0 Å². The second-order valence-electron chi connectivity index (χ2n) is 2.93. The van der Waals surface area contributed by atoms with E-state index in [0.717, 1.165) is 6.42 Å². The van der Waals surface area contributed by atoms with Crippen LogP contribution in [0.15, 0.2) is 12.7 Å². The number of carbonyl (C=O) groups is 1. The van der Waals surface area contributed by atoms with Crippen molar-refractivity contribution in [1.29, 1.82) is 0 Å². The molecule has 0 amide bonds. The SMILES string of the molecule is C=CC(CC)(C(C)=O)N(C)C. The zero-order valence-corrected chi connectivity index (χ0v) is 7.85. The molecule has 64 valence electrons. The molecule has 0 aliphatic heterocycles. The van der Waals surface area contributed by atoms with Gasteiger partial charge in [0.25, 0.3) is 0 Å². The van der Waals surface area contributed by atoms with Gasteiger partial charge in [-0.2, -0.15) is 0 Å². The fourth-order valence-corrected chi connectivity index (χ4v) is 1.35. The quantitative estimate of drug-likeness (QED) is 0.573. The van der Waals surface area contributed by atoms with Crippen molar-refractivity contribution in [3.63, 3.8) is 0 Å². The van der Waals surface area contributed by atoms with Crippen molar-refractivity contribution in [2.24, 2.45) is 0 Å². The second kappa shape index (κ2) is 3.67. The molecule has 0 radical (unpaired) electrons. The molecule has 0 aliphatic carbocycles. The van der Waals surface area contributed by atoms with Crippen molar-refractivity contribution in [2.75, 3.05) is 14.1 Å². The van der Waals surface area contributed by atoms with Crippen LogP contribution in [0.1, 0.15) is 20.3 Å². The zero-order valence-electron chi connectivity index (χ0n) is 7.85. The molecule has 1 unspecified atom stereocenters. The third-order valence-electron chi connectivity index (χ3n) is 2.28. The lowest BCUT2D eigenvalue weighted by Gasteiger charge is -2.33. The highest BCUT2D eigenvalue weighted by Gasteiger charge is 2.31. The topological polar surface area (TPSA) is 20.3 Å². The van der Waals surface area contributed by atoms with Crippen molar-refractivity contribution in [2.45, 2.75) is 25.8 Å². The minimum atomic E-state index is -0.458. The number of hydrogen-bond acceptors (Lipinski definition) is 2. The average molecular weight is 155 g/mol. The Morgan fingerprint density at radius 1 is 1.64 bits per heavy atom. The van der Waals surface area contributed by atoms with Gasteiger partial charge >= 0.3 is 0 Å². The number of ketones is 1. The van der Waals surface area contributed by atoms with E-state index in [1.54, 1.807) is 13.0 Å². The van der Waals surface area contributed by atoms with Crippen molar-refractivity contribution in [1.82, 2.24) is 4.90 Å². The standard InChI is InChI=1S/C9H17NO/c1-6-9(7-2,8(3)11)10(4)5/h6H,1,7H2,2-5H3. The minimum Gasteiger partial charge on any atom is -0.298 e. The first kappa shape index (κ1) is 10.4. The van der Waals surface area contributed by atoms with E-state index in [0.29, 0.717) is 0 Å². The number of Topliss-reactive ketones (excluding diaryl/α,β-unsaturated/α-hetero) is 1. The molecule has 0 aliphatic rings. The summed E-state index contributed by atoms with van der Waals surface area (Å²) in [5, 5.41) is 0. The first-order valence-corrected chi connectivity index (χ1v) is 3.83. The molecule has 0 bridgehead atoms. The molecular formula is C9H17NO. The third kappa shape index (κ3) is 1.69. The zero-order chi connectivity index (χ0) is 9.07. The molecule has 1 atom stereocenters. The van der Waals surface area contributed by atoms with Crippen molar-refractivity contribution < 1.29 is 4.79 Å². The Balaban J connectivity index is 4.75. The molecule has 2 nitrogen and oxygen atoms in total. The van der Waals surface area contributed by atoms with Gasteiger partial charge in [-0.15, -0.1) is 6.58 Å². The maximum atomic E-state index is 11.3. The molecule has 0 heterocycles. The Hall–Kier alpha value is -0.630. The van der Waals surface area contributed by atoms with Crippen LogP contribution in [0.25, 0.3) is 0 Å². The van der Waals surface area contributed by atoms with E-state index in [2.05, 4.69) is 6.58 Å². The van der Waals surface area contributed by atoms with Gasteiger partial charge < -0.3 is 0 Å². The average Bonchev–Trinajstić information content (AvgIpc) is 1.90. The van der Waals surface area contributed by atoms with Crippen LogP contribution in [0.2, 0.25) is 0 Å². The summed E-state index contributed by atoms with van der Waals surface area (Å²) in [5.41, 5.74) is -0.458. The summed E-state index contributed by atoms with van der Waals surface area (Å²) < 4.78 is 0. The fourth-order valence-electron chi connectivity index (χ4n) is 1.35. The molecule has 0 rings (SSSR count). The van der Waals surface area contributed by atoms with Crippen LogP contribution in [0.4, 0.5) is 0 Å². The predicted molar refractivity (Wildman–Crippen MR) is 47.6 cm³/mol. The molecule has 0 N–H and O–H groups in total. The van der Waals surface area contributed by atoms with E-state index in [9.17, 15) is 4.79 Å². The summed E-state index contributed by atoms with van der Waals surface area (Å²) in [4.78, 5) is 13.2. The number of hydrogen-bond donors (Lipinski definition) is 0. The summed E-state index contributed by atoms with van der Waals surface area (Å²) >= 11 is 0. The Morgan fingerprint density at radius 2 is 2.09 bits per heavy atom. The van der Waals surface area contributed by atoms with Gasteiger partial charge in [0, 0.05) is 0 Å². The molecule has 11 heavy (non-hydrogen) atoms. The van der Waals surface area contributed by atoms with E-state index < -0.39 is 5.54 Å². The fraction of sp³-hybridized carbons (Fsp3) is 0.667. The van der Waals surface area contributed by atoms with Crippen LogP contribution in [0.3, 0.4) is 0 Å². The van der Waals surface area contributed by atoms with Crippen LogP contribution < -0.4 is 0 Å². The minimum absolute atomic E-state index is 0.153. The first-order valence-electron chi connectivity index (χ1n) is 3.83. The van der Waals surface area contributed by atoms with Gasteiger partial charge in [0.1, 0.15) is 0 Å². The van der Waals surface area contributed by atoms with Crippen LogP contribution >= 0.6 is 0 Å². The number of likely N-dealkylation sites (N-methyl/N-ethyl adjacent to an activating group) is 1. The van der Waals surface area contributed by atoms with Crippen LogP contribution in [0, 0.1) is 0 Å². The molecular weight excluding hydrogens is 138 g/mol. The second-order valence-corrected chi connectivity index (χ2v) is 2.93. The van der Waals surface area contributed by atoms with Crippen molar-refractivity contribution >= 4 is 5.78 Å². The number of nitrogens with zero attached hydrogens (tertiary/aromatic N) is 1. The summed E-state index contributed by atoms with van der Waals surface area (Å²) in [5.74, 6) is 0.153. The lowest BCUT2D eigenvalue weighted by atomic mass is 9.90. The van der Waals surface area contributed by atoms with Gasteiger partial charge in [0.05, 0.1) is 5.54 Å². The van der Waals surface area contributed by atoms with Gasteiger partial charge in [-0.1, -0.05) is 13.0 Å². The molecule has 0 saturated carbocycles. The highest BCUT2D eigenvalue weighted by molar-refractivity contribution is 5.88. The van der Waals surface area contributed by atoms with Gasteiger partial charge in [-0.25, -0.2) is 0 Å². The van der Waals surface area contributed by atoms with Gasteiger partial charge in [-0.3, -0.25) is 9.69 Å². The smallest absolute Gasteiger partial charge is 0.153 e. The van der Waals surface area contributed by atoms with Crippen molar-refractivity contribution in [3.05, 3.63) is 12.7 Å². The van der Waals surface area contributed by atoms with Crippen LogP contribution in [-0.4, -0.2) is 30.3 Å². The third-order valence-corrected chi connectivity index (χ3v) is 2.28.